The summed E-state index contributed by atoms with van der Waals surface area (Å²) >= 11 is 1.11. The van der Waals surface area contributed by atoms with Crippen molar-refractivity contribution in [3.8, 4) is 0 Å². The van der Waals surface area contributed by atoms with Gasteiger partial charge in [0.15, 0.2) is 5.17 Å². The van der Waals surface area contributed by atoms with Gasteiger partial charge >= 0.3 is 6.03 Å². The number of amides is 3. The average molecular weight is 230 g/mol. The number of nitrogens with zero attached hydrogens (tertiary/aromatic N) is 1. The molecule has 0 unspecified atom stereocenters. The lowest BCUT2D eigenvalue weighted by atomic mass is 10.1. The number of thioether (sulfide) groups is 1. The minimum atomic E-state index is -0.821. The van der Waals surface area contributed by atoms with Gasteiger partial charge in [0.1, 0.15) is 5.54 Å². The fraction of sp³-hybridized carbons (Fsp3) is 0.625. The summed E-state index contributed by atoms with van der Waals surface area (Å²) in [4.78, 5) is 24.2. The second-order valence-electron chi connectivity index (χ2n) is 3.72. The first-order chi connectivity index (χ1) is 6.84. The SMILES string of the molecule is CC1(C)NC(=O)N(CCSC(=N)N)C1=O. The van der Waals surface area contributed by atoms with Crippen LogP contribution in [0.3, 0.4) is 0 Å². The van der Waals surface area contributed by atoms with E-state index in [-0.39, 0.29) is 23.7 Å². The lowest BCUT2D eigenvalue weighted by Gasteiger charge is -2.15. The summed E-state index contributed by atoms with van der Waals surface area (Å²) in [5.41, 5.74) is 4.32. The van der Waals surface area contributed by atoms with Gasteiger partial charge in [-0.2, -0.15) is 0 Å². The Bertz CT molecular complexity index is 316. The highest BCUT2D eigenvalue weighted by molar-refractivity contribution is 8.13. The molecule has 0 radical (unpaired) electrons. The maximum absolute atomic E-state index is 11.7. The van der Waals surface area contributed by atoms with Gasteiger partial charge in [-0.05, 0) is 13.8 Å². The summed E-state index contributed by atoms with van der Waals surface area (Å²) < 4.78 is 0. The Balaban J connectivity index is 2.52. The summed E-state index contributed by atoms with van der Waals surface area (Å²) in [5, 5.41) is 9.55. The second kappa shape index (κ2) is 4.09. The Morgan fingerprint density at radius 2 is 2.20 bits per heavy atom. The van der Waals surface area contributed by atoms with Crippen LogP contribution in [0.5, 0.6) is 0 Å². The van der Waals surface area contributed by atoms with Crippen molar-refractivity contribution in [3.63, 3.8) is 0 Å². The Hall–Kier alpha value is -1.24. The molecule has 1 aliphatic rings. The first-order valence-corrected chi connectivity index (χ1v) is 5.44. The van der Waals surface area contributed by atoms with Gasteiger partial charge in [-0.15, -0.1) is 0 Å². The molecule has 6 nitrogen and oxygen atoms in total. The highest BCUT2D eigenvalue weighted by Crippen LogP contribution is 2.16. The topological polar surface area (TPSA) is 99.3 Å². The van der Waals surface area contributed by atoms with Gasteiger partial charge in [-0.25, -0.2) is 4.79 Å². The van der Waals surface area contributed by atoms with Crippen molar-refractivity contribution >= 4 is 28.9 Å². The highest BCUT2D eigenvalue weighted by Gasteiger charge is 2.43. The number of carbonyl (C=O) groups is 2. The van der Waals surface area contributed by atoms with Crippen LogP contribution in [0.15, 0.2) is 0 Å². The molecule has 0 atom stereocenters. The van der Waals surface area contributed by atoms with Crippen LogP contribution < -0.4 is 11.1 Å². The molecule has 0 saturated carbocycles. The number of nitrogens with one attached hydrogen (secondary N) is 2. The lowest BCUT2D eigenvalue weighted by molar-refractivity contribution is -0.130. The molecule has 1 heterocycles. The third-order valence-electron chi connectivity index (χ3n) is 2.02. The smallest absolute Gasteiger partial charge is 0.325 e. The zero-order valence-electron chi connectivity index (χ0n) is 8.66. The minimum Gasteiger partial charge on any atom is -0.379 e. The van der Waals surface area contributed by atoms with Crippen LogP contribution in [0.2, 0.25) is 0 Å². The molecular weight excluding hydrogens is 216 g/mol. The fourth-order valence-electron chi connectivity index (χ4n) is 1.27. The van der Waals surface area contributed by atoms with Crippen LogP contribution in [0.4, 0.5) is 4.79 Å². The van der Waals surface area contributed by atoms with E-state index in [1.165, 1.54) is 0 Å². The highest BCUT2D eigenvalue weighted by atomic mass is 32.2. The van der Waals surface area contributed by atoms with Crippen molar-refractivity contribution in [1.82, 2.24) is 10.2 Å². The van der Waals surface area contributed by atoms with Gasteiger partial charge < -0.3 is 11.1 Å². The quantitative estimate of drug-likeness (QED) is 0.359. The molecule has 1 saturated heterocycles. The number of amidine groups is 1. The van der Waals surface area contributed by atoms with Crippen molar-refractivity contribution in [2.45, 2.75) is 19.4 Å². The van der Waals surface area contributed by atoms with E-state index in [1.807, 2.05) is 0 Å². The van der Waals surface area contributed by atoms with Crippen LogP contribution in [0.1, 0.15) is 13.8 Å². The van der Waals surface area contributed by atoms with Crippen molar-refractivity contribution < 1.29 is 9.59 Å². The van der Waals surface area contributed by atoms with Crippen LogP contribution >= 0.6 is 11.8 Å². The monoisotopic (exact) mass is 230 g/mol. The number of hydrogen-bond acceptors (Lipinski definition) is 4. The van der Waals surface area contributed by atoms with Crippen LogP contribution in [-0.2, 0) is 4.79 Å². The van der Waals surface area contributed by atoms with Crippen molar-refractivity contribution in [2.24, 2.45) is 5.73 Å². The van der Waals surface area contributed by atoms with E-state index < -0.39 is 5.54 Å². The molecular formula is C8H14N4O2S. The van der Waals surface area contributed by atoms with E-state index >= 15 is 0 Å². The molecule has 0 spiro atoms. The van der Waals surface area contributed by atoms with Crippen molar-refractivity contribution in [1.29, 1.82) is 5.41 Å². The Kier molecular flexibility index (Phi) is 3.23. The third-order valence-corrected chi connectivity index (χ3v) is 2.71. The third kappa shape index (κ3) is 2.62. The van der Waals surface area contributed by atoms with E-state index in [0.717, 1.165) is 16.7 Å². The summed E-state index contributed by atoms with van der Waals surface area (Å²) in [6, 6.07) is -0.380. The maximum Gasteiger partial charge on any atom is 0.325 e. The average Bonchev–Trinajstić information content (AvgIpc) is 2.26. The predicted octanol–water partition coefficient (Wildman–Crippen LogP) is -0.0565. The normalized spacial score (nSPS) is 19.2. The summed E-state index contributed by atoms with van der Waals surface area (Å²) in [6.07, 6.45) is 0. The lowest BCUT2D eigenvalue weighted by Crippen LogP contribution is -2.40. The summed E-state index contributed by atoms with van der Waals surface area (Å²) in [5.74, 6) is 0.210. The van der Waals surface area contributed by atoms with Crippen LogP contribution in [0, 0.1) is 5.41 Å². The van der Waals surface area contributed by atoms with Gasteiger partial charge in [-0.3, -0.25) is 15.1 Å². The van der Waals surface area contributed by atoms with Crippen LogP contribution in [0.25, 0.3) is 0 Å². The molecule has 15 heavy (non-hydrogen) atoms. The molecule has 0 aromatic rings. The number of urea groups is 1. The number of rotatable bonds is 3. The van der Waals surface area contributed by atoms with Gasteiger partial charge in [0, 0.05) is 12.3 Å². The van der Waals surface area contributed by atoms with Crippen molar-refractivity contribution in [3.05, 3.63) is 0 Å². The number of imide groups is 1. The van der Waals surface area contributed by atoms with E-state index in [4.69, 9.17) is 11.1 Å². The first-order valence-electron chi connectivity index (χ1n) is 4.45. The van der Waals surface area contributed by atoms with E-state index in [2.05, 4.69) is 5.32 Å². The van der Waals surface area contributed by atoms with Gasteiger partial charge in [0.2, 0.25) is 0 Å². The molecule has 1 rings (SSSR count). The fourth-order valence-corrected chi connectivity index (χ4v) is 1.76. The predicted molar refractivity (Wildman–Crippen MR) is 58.7 cm³/mol. The molecule has 84 valence electrons. The largest absolute Gasteiger partial charge is 0.379 e. The molecule has 0 bridgehead atoms. The number of carbonyl (C=O) groups excluding carboxylic acids is 2. The molecule has 1 aliphatic heterocycles. The molecule has 1 fully saturated rings. The summed E-state index contributed by atoms with van der Waals surface area (Å²) in [6.45, 7) is 3.59. The van der Waals surface area contributed by atoms with E-state index in [1.54, 1.807) is 13.8 Å². The van der Waals surface area contributed by atoms with Gasteiger partial charge in [-0.1, -0.05) is 11.8 Å². The standard InChI is InChI=1S/C8H14N4O2S/c1-8(2)5(13)12(7(14)11-8)3-4-15-6(9)10/h3-4H2,1-2H3,(H3,9,10)(H,11,14). The van der Waals surface area contributed by atoms with Gasteiger partial charge in [0.25, 0.3) is 5.91 Å². The van der Waals surface area contributed by atoms with Crippen molar-refractivity contribution in [2.75, 3.05) is 12.3 Å². The molecule has 0 aromatic carbocycles. The molecule has 0 aliphatic carbocycles. The maximum atomic E-state index is 11.7. The zero-order valence-corrected chi connectivity index (χ0v) is 9.48. The number of hydrogen-bond donors (Lipinski definition) is 3. The Morgan fingerprint density at radius 3 is 2.60 bits per heavy atom. The zero-order chi connectivity index (χ0) is 11.6. The molecule has 4 N–H and O–H groups in total. The number of nitrogens with two attached hydrogens (primary N) is 1. The molecule has 3 amide bonds. The molecule has 0 aromatic heterocycles. The van der Waals surface area contributed by atoms with E-state index in [0.29, 0.717) is 5.75 Å². The second-order valence-corrected chi connectivity index (χ2v) is 4.86. The first kappa shape index (κ1) is 11.8. The van der Waals surface area contributed by atoms with Crippen LogP contribution in [-0.4, -0.2) is 39.8 Å². The van der Waals surface area contributed by atoms with E-state index in [9.17, 15) is 9.59 Å². The molecule has 7 heteroatoms. The summed E-state index contributed by atoms with van der Waals surface area (Å²) in [7, 11) is 0. The minimum absolute atomic E-state index is 0.0127. The Morgan fingerprint density at radius 1 is 1.60 bits per heavy atom. The van der Waals surface area contributed by atoms with Gasteiger partial charge in [0.05, 0.1) is 0 Å². The Labute approximate surface area is 92.1 Å².